The van der Waals surface area contributed by atoms with Crippen molar-refractivity contribution in [1.29, 1.82) is 5.26 Å². The second-order valence-electron chi connectivity index (χ2n) is 6.76. The van der Waals surface area contributed by atoms with E-state index >= 15 is 0 Å². The maximum absolute atomic E-state index is 14.0. The van der Waals surface area contributed by atoms with E-state index in [1.54, 1.807) is 30.3 Å². The lowest BCUT2D eigenvalue weighted by Crippen LogP contribution is -2.20. The maximum atomic E-state index is 14.0. The summed E-state index contributed by atoms with van der Waals surface area (Å²) < 4.78 is 38.2. The molecule has 1 aromatic heterocycles. The van der Waals surface area contributed by atoms with Gasteiger partial charge < -0.3 is 19.8 Å². The highest BCUT2D eigenvalue weighted by Crippen LogP contribution is 2.28. The lowest BCUT2D eigenvalue weighted by Gasteiger charge is -2.11. The van der Waals surface area contributed by atoms with Crippen molar-refractivity contribution in [2.75, 3.05) is 19.0 Å². The van der Waals surface area contributed by atoms with Gasteiger partial charge in [-0.3, -0.25) is 4.79 Å². The summed E-state index contributed by atoms with van der Waals surface area (Å²) in [6.07, 6.45) is 0. The third-order valence-corrected chi connectivity index (χ3v) is 4.60. The van der Waals surface area contributed by atoms with Crippen LogP contribution < -0.4 is 14.8 Å². The average Bonchev–Trinajstić information content (AvgIpc) is 3.22. The number of aromatic nitrogens is 2. The Morgan fingerprint density at radius 1 is 1.12 bits per heavy atom. The standard InChI is InChI=1S/C23H16F2N4O3/c1-31-21-8-13(11-26)2-7-20(21)32-12-22(30)27-15-4-6-18-19(10-15)29-23(28-18)16-9-14(24)3-5-17(16)25/h2-10H,12H2,1H3,(H,27,30)(H,28,29). The predicted molar refractivity (Wildman–Crippen MR) is 113 cm³/mol. The van der Waals surface area contributed by atoms with Gasteiger partial charge in [0.25, 0.3) is 5.91 Å². The number of imidazole rings is 1. The van der Waals surface area contributed by atoms with Crippen LogP contribution in [-0.2, 0) is 4.79 Å². The Hall–Kier alpha value is -4.45. The number of nitriles is 1. The van der Waals surface area contributed by atoms with Crippen molar-refractivity contribution in [1.82, 2.24) is 9.97 Å². The molecule has 0 spiro atoms. The Bertz CT molecular complexity index is 1360. The minimum Gasteiger partial charge on any atom is -0.493 e. The minimum absolute atomic E-state index is 0.0107. The molecule has 7 nitrogen and oxygen atoms in total. The number of amides is 1. The van der Waals surface area contributed by atoms with Gasteiger partial charge in [0.15, 0.2) is 18.1 Å². The first kappa shape index (κ1) is 20.8. The topological polar surface area (TPSA) is 100 Å². The fourth-order valence-corrected chi connectivity index (χ4v) is 3.09. The van der Waals surface area contributed by atoms with E-state index in [-0.39, 0.29) is 18.0 Å². The highest BCUT2D eigenvalue weighted by atomic mass is 19.1. The number of H-pyrrole nitrogens is 1. The molecule has 32 heavy (non-hydrogen) atoms. The number of fused-ring (bicyclic) bond motifs is 1. The molecule has 0 aliphatic rings. The molecule has 0 aliphatic carbocycles. The molecule has 0 atom stereocenters. The van der Waals surface area contributed by atoms with Crippen LogP contribution in [0.1, 0.15) is 5.56 Å². The van der Waals surface area contributed by atoms with Crippen molar-refractivity contribution in [2.24, 2.45) is 0 Å². The Kier molecular flexibility index (Phi) is 5.68. The molecular formula is C23H16F2N4O3. The van der Waals surface area contributed by atoms with Crippen LogP contribution >= 0.6 is 0 Å². The molecule has 1 amide bonds. The summed E-state index contributed by atoms with van der Waals surface area (Å²) >= 11 is 0. The third-order valence-electron chi connectivity index (χ3n) is 4.60. The van der Waals surface area contributed by atoms with Crippen LogP contribution in [0.3, 0.4) is 0 Å². The molecule has 1 heterocycles. The fourth-order valence-electron chi connectivity index (χ4n) is 3.09. The van der Waals surface area contributed by atoms with Gasteiger partial charge in [-0.2, -0.15) is 5.26 Å². The van der Waals surface area contributed by atoms with E-state index in [0.29, 0.717) is 33.8 Å². The number of rotatable bonds is 6. The molecule has 2 N–H and O–H groups in total. The SMILES string of the molecule is COc1cc(C#N)ccc1OCC(=O)Nc1ccc2nc(-c3cc(F)ccc3F)[nH]c2c1. The number of hydrogen-bond acceptors (Lipinski definition) is 5. The van der Waals surface area contributed by atoms with E-state index in [9.17, 15) is 13.6 Å². The number of anilines is 1. The number of carbonyl (C=O) groups excluding carboxylic acids is 1. The molecule has 9 heteroatoms. The molecule has 3 aromatic carbocycles. The Morgan fingerprint density at radius 3 is 2.75 bits per heavy atom. The van der Waals surface area contributed by atoms with Gasteiger partial charge in [0.2, 0.25) is 0 Å². The molecule has 0 aliphatic heterocycles. The highest BCUT2D eigenvalue weighted by Gasteiger charge is 2.13. The van der Waals surface area contributed by atoms with Crippen LogP contribution in [0, 0.1) is 23.0 Å². The van der Waals surface area contributed by atoms with Crippen molar-refractivity contribution < 1.29 is 23.0 Å². The van der Waals surface area contributed by atoms with Crippen molar-refractivity contribution in [3.8, 4) is 29.0 Å². The van der Waals surface area contributed by atoms with E-state index < -0.39 is 17.5 Å². The van der Waals surface area contributed by atoms with E-state index in [0.717, 1.165) is 18.2 Å². The van der Waals surface area contributed by atoms with Crippen LogP contribution in [-0.4, -0.2) is 29.6 Å². The minimum atomic E-state index is -0.602. The Balaban J connectivity index is 1.47. The molecule has 0 unspecified atom stereocenters. The van der Waals surface area contributed by atoms with Gasteiger partial charge in [0, 0.05) is 11.8 Å². The average molecular weight is 434 g/mol. The molecular weight excluding hydrogens is 418 g/mol. The monoisotopic (exact) mass is 434 g/mol. The number of nitrogens with zero attached hydrogens (tertiary/aromatic N) is 2. The largest absolute Gasteiger partial charge is 0.493 e. The number of ether oxygens (including phenoxy) is 2. The molecule has 0 radical (unpaired) electrons. The van der Waals surface area contributed by atoms with Gasteiger partial charge in [-0.15, -0.1) is 0 Å². The van der Waals surface area contributed by atoms with E-state index in [1.807, 2.05) is 6.07 Å². The predicted octanol–water partition coefficient (Wildman–Crippen LogP) is 4.41. The summed E-state index contributed by atoms with van der Waals surface area (Å²) in [5.41, 5.74) is 1.95. The number of hydrogen-bond donors (Lipinski definition) is 2. The second kappa shape index (κ2) is 8.73. The van der Waals surface area contributed by atoms with E-state index in [4.69, 9.17) is 14.7 Å². The van der Waals surface area contributed by atoms with Crippen LogP contribution in [0.2, 0.25) is 0 Å². The fraction of sp³-hybridized carbons (Fsp3) is 0.0870. The molecule has 0 bridgehead atoms. The van der Waals surface area contributed by atoms with E-state index in [1.165, 1.54) is 13.2 Å². The first-order valence-corrected chi connectivity index (χ1v) is 9.43. The van der Waals surface area contributed by atoms with Crippen LogP contribution in [0.25, 0.3) is 22.4 Å². The Morgan fingerprint density at radius 2 is 1.97 bits per heavy atom. The van der Waals surface area contributed by atoms with Gasteiger partial charge in [-0.05, 0) is 48.5 Å². The molecule has 0 fully saturated rings. The quantitative estimate of drug-likeness (QED) is 0.468. The number of halogens is 2. The lowest BCUT2D eigenvalue weighted by molar-refractivity contribution is -0.118. The molecule has 160 valence electrons. The van der Waals surface area contributed by atoms with Crippen molar-refractivity contribution in [2.45, 2.75) is 0 Å². The van der Waals surface area contributed by atoms with Gasteiger partial charge in [-0.1, -0.05) is 0 Å². The number of methoxy groups -OCH3 is 1. The normalized spacial score (nSPS) is 10.6. The van der Waals surface area contributed by atoms with E-state index in [2.05, 4.69) is 15.3 Å². The zero-order valence-corrected chi connectivity index (χ0v) is 16.8. The smallest absolute Gasteiger partial charge is 0.262 e. The summed E-state index contributed by atoms with van der Waals surface area (Å²) in [5, 5.41) is 11.6. The molecule has 0 saturated heterocycles. The third kappa shape index (κ3) is 4.34. The zero-order valence-electron chi connectivity index (χ0n) is 16.8. The van der Waals surface area contributed by atoms with Crippen LogP contribution in [0.15, 0.2) is 54.6 Å². The first-order valence-electron chi connectivity index (χ1n) is 9.43. The van der Waals surface area contributed by atoms with Crippen LogP contribution in [0.5, 0.6) is 11.5 Å². The van der Waals surface area contributed by atoms with Gasteiger partial charge in [-0.25, -0.2) is 13.8 Å². The summed E-state index contributed by atoms with van der Waals surface area (Å²) in [5.74, 6) is -0.758. The second-order valence-corrected chi connectivity index (χ2v) is 6.76. The number of benzene rings is 3. The Labute approximate surface area is 181 Å². The summed E-state index contributed by atoms with van der Waals surface area (Å²) in [6, 6.07) is 14.6. The van der Waals surface area contributed by atoms with Gasteiger partial charge in [0.1, 0.15) is 17.5 Å². The van der Waals surface area contributed by atoms with Gasteiger partial charge in [0.05, 0.1) is 35.3 Å². The van der Waals surface area contributed by atoms with Gasteiger partial charge >= 0.3 is 0 Å². The van der Waals surface area contributed by atoms with Crippen molar-refractivity contribution in [3.63, 3.8) is 0 Å². The number of carbonyl (C=O) groups is 1. The molecule has 4 aromatic rings. The zero-order chi connectivity index (χ0) is 22.7. The van der Waals surface area contributed by atoms with Crippen LogP contribution in [0.4, 0.5) is 14.5 Å². The first-order chi connectivity index (χ1) is 15.5. The molecule has 4 rings (SSSR count). The van der Waals surface area contributed by atoms with Crippen molar-refractivity contribution in [3.05, 3.63) is 71.8 Å². The molecule has 0 saturated carbocycles. The highest BCUT2D eigenvalue weighted by molar-refractivity contribution is 5.94. The summed E-state index contributed by atoms with van der Waals surface area (Å²) in [4.78, 5) is 19.5. The van der Waals surface area contributed by atoms with Crippen molar-refractivity contribution >= 4 is 22.6 Å². The number of aromatic amines is 1. The lowest BCUT2D eigenvalue weighted by atomic mass is 10.2. The summed E-state index contributed by atoms with van der Waals surface area (Å²) in [6.45, 7) is -0.289. The number of nitrogens with one attached hydrogen (secondary N) is 2. The summed E-state index contributed by atoms with van der Waals surface area (Å²) in [7, 11) is 1.44. The maximum Gasteiger partial charge on any atom is 0.262 e.